The van der Waals surface area contributed by atoms with Crippen molar-refractivity contribution >= 4 is 27.9 Å². The molecule has 0 bridgehead atoms. The van der Waals surface area contributed by atoms with Crippen molar-refractivity contribution in [2.24, 2.45) is 0 Å². The van der Waals surface area contributed by atoms with Gasteiger partial charge in [-0.2, -0.15) is 9.61 Å². The lowest BCUT2D eigenvalue weighted by atomic mass is 10.1. The average molecular weight is 393 g/mol. The van der Waals surface area contributed by atoms with Gasteiger partial charge in [0.1, 0.15) is 18.2 Å². The third kappa shape index (κ3) is 2.95. The van der Waals surface area contributed by atoms with E-state index in [1.165, 1.54) is 11.3 Å². The minimum Gasteiger partial charge on any atom is -0.486 e. The Labute approximate surface area is 163 Å². The molecule has 1 amide bonds. The van der Waals surface area contributed by atoms with Crippen LogP contribution in [0.3, 0.4) is 0 Å². The molecule has 5 rings (SSSR count). The number of rotatable bonds is 3. The summed E-state index contributed by atoms with van der Waals surface area (Å²) in [6.45, 7) is 2.85. The molecule has 1 aliphatic heterocycles. The van der Waals surface area contributed by atoms with E-state index in [0.717, 1.165) is 21.4 Å². The predicted molar refractivity (Wildman–Crippen MR) is 104 cm³/mol. The first kappa shape index (κ1) is 16.7. The van der Waals surface area contributed by atoms with Crippen LogP contribution in [0, 0.1) is 6.92 Å². The zero-order valence-corrected chi connectivity index (χ0v) is 15.7. The summed E-state index contributed by atoms with van der Waals surface area (Å²) in [5.74, 6) is 1.76. The Balaban J connectivity index is 1.39. The summed E-state index contributed by atoms with van der Waals surface area (Å²) in [7, 11) is 0. The molecule has 2 aromatic carbocycles. The fraction of sp³-hybridized carbons (Fsp3) is 0.158. The highest BCUT2D eigenvalue weighted by molar-refractivity contribution is 7.19. The van der Waals surface area contributed by atoms with Gasteiger partial charge in [0, 0.05) is 16.8 Å². The van der Waals surface area contributed by atoms with Crippen LogP contribution in [0.1, 0.15) is 16.2 Å². The van der Waals surface area contributed by atoms with Crippen molar-refractivity contribution in [1.82, 2.24) is 19.8 Å². The molecule has 28 heavy (non-hydrogen) atoms. The van der Waals surface area contributed by atoms with Crippen molar-refractivity contribution in [3.8, 4) is 22.1 Å². The second kappa shape index (κ2) is 6.61. The first-order valence-corrected chi connectivity index (χ1v) is 9.49. The van der Waals surface area contributed by atoms with Crippen molar-refractivity contribution < 1.29 is 14.3 Å². The molecule has 1 aliphatic rings. The van der Waals surface area contributed by atoms with Crippen LogP contribution in [0.25, 0.3) is 15.5 Å². The van der Waals surface area contributed by atoms with E-state index < -0.39 is 0 Å². The maximum absolute atomic E-state index is 12.6. The van der Waals surface area contributed by atoms with Gasteiger partial charge in [-0.3, -0.25) is 4.79 Å². The number of carbonyl (C=O) groups excluding carboxylic acids is 1. The first-order valence-electron chi connectivity index (χ1n) is 8.68. The Hall–Kier alpha value is -3.46. The highest BCUT2D eigenvalue weighted by atomic mass is 32.1. The molecule has 0 aliphatic carbocycles. The van der Waals surface area contributed by atoms with E-state index in [1.54, 1.807) is 22.7 Å². The molecule has 1 N–H and O–H groups in total. The van der Waals surface area contributed by atoms with Gasteiger partial charge in [0.15, 0.2) is 17.3 Å². The molecule has 0 unspecified atom stereocenters. The maximum atomic E-state index is 12.6. The topological polar surface area (TPSA) is 90.6 Å². The lowest BCUT2D eigenvalue weighted by Gasteiger charge is -2.18. The Morgan fingerprint density at radius 2 is 1.96 bits per heavy atom. The Morgan fingerprint density at radius 1 is 1.11 bits per heavy atom. The number of amides is 1. The predicted octanol–water partition coefficient (Wildman–Crippen LogP) is 3.18. The number of aromatic nitrogens is 4. The van der Waals surface area contributed by atoms with Gasteiger partial charge in [0.25, 0.3) is 5.91 Å². The first-order chi connectivity index (χ1) is 13.7. The van der Waals surface area contributed by atoms with E-state index >= 15 is 0 Å². The summed E-state index contributed by atoms with van der Waals surface area (Å²) in [5.41, 5.74) is 2.08. The minimum absolute atomic E-state index is 0.219. The number of hydrogen-bond acceptors (Lipinski definition) is 7. The van der Waals surface area contributed by atoms with Crippen molar-refractivity contribution in [3.63, 3.8) is 0 Å². The lowest BCUT2D eigenvalue weighted by molar-refractivity contribution is 0.102. The van der Waals surface area contributed by atoms with Crippen LogP contribution in [0.15, 0.2) is 42.5 Å². The van der Waals surface area contributed by atoms with E-state index in [4.69, 9.17) is 9.47 Å². The van der Waals surface area contributed by atoms with Gasteiger partial charge < -0.3 is 14.8 Å². The van der Waals surface area contributed by atoms with Gasteiger partial charge >= 0.3 is 0 Å². The van der Waals surface area contributed by atoms with E-state index in [1.807, 2.05) is 31.2 Å². The van der Waals surface area contributed by atoms with Gasteiger partial charge in [-0.05, 0) is 37.3 Å². The van der Waals surface area contributed by atoms with Gasteiger partial charge in [0.05, 0.1) is 0 Å². The van der Waals surface area contributed by atoms with Crippen LogP contribution in [-0.2, 0) is 0 Å². The summed E-state index contributed by atoms with van der Waals surface area (Å²) >= 11 is 1.45. The monoisotopic (exact) mass is 393 g/mol. The van der Waals surface area contributed by atoms with Crippen molar-refractivity contribution in [2.75, 3.05) is 18.5 Å². The average Bonchev–Trinajstić information content (AvgIpc) is 3.30. The summed E-state index contributed by atoms with van der Waals surface area (Å²) < 4.78 is 12.7. The zero-order valence-electron chi connectivity index (χ0n) is 14.9. The highest BCUT2D eigenvalue weighted by Crippen LogP contribution is 2.31. The van der Waals surface area contributed by atoms with Gasteiger partial charge in [-0.15, -0.1) is 10.2 Å². The smallest absolute Gasteiger partial charge is 0.255 e. The van der Waals surface area contributed by atoms with Crippen molar-refractivity contribution in [2.45, 2.75) is 6.92 Å². The van der Waals surface area contributed by atoms with Gasteiger partial charge in [-0.25, -0.2) is 0 Å². The molecule has 3 heterocycles. The molecule has 2 aromatic heterocycles. The molecular weight excluding hydrogens is 378 g/mol. The highest BCUT2D eigenvalue weighted by Gasteiger charge is 2.16. The molecule has 0 radical (unpaired) electrons. The lowest BCUT2D eigenvalue weighted by Crippen LogP contribution is -2.17. The summed E-state index contributed by atoms with van der Waals surface area (Å²) in [5, 5.41) is 16.3. The van der Waals surface area contributed by atoms with E-state index in [0.29, 0.717) is 36.0 Å². The normalized spacial score (nSPS) is 12.9. The van der Waals surface area contributed by atoms with E-state index in [2.05, 4.69) is 20.6 Å². The van der Waals surface area contributed by atoms with Crippen molar-refractivity contribution in [3.05, 3.63) is 53.9 Å². The Morgan fingerprint density at radius 3 is 2.82 bits per heavy atom. The molecule has 0 atom stereocenters. The molecule has 9 heteroatoms. The molecule has 4 aromatic rings. The molecule has 0 fully saturated rings. The van der Waals surface area contributed by atoms with Crippen LogP contribution in [0.4, 0.5) is 5.69 Å². The molecular formula is C19H15N5O3S. The van der Waals surface area contributed by atoms with E-state index in [-0.39, 0.29) is 5.91 Å². The minimum atomic E-state index is -0.219. The molecule has 0 spiro atoms. The summed E-state index contributed by atoms with van der Waals surface area (Å²) in [4.78, 5) is 13.4. The molecule has 140 valence electrons. The second-order valence-electron chi connectivity index (χ2n) is 6.24. The Bertz CT molecular complexity index is 1200. The van der Waals surface area contributed by atoms with Crippen LogP contribution in [-0.4, -0.2) is 38.9 Å². The number of anilines is 1. The fourth-order valence-electron chi connectivity index (χ4n) is 2.95. The number of hydrogen-bond donors (Lipinski definition) is 1. The van der Waals surface area contributed by atoms with Gasteiger partial charge in [0.2, 0.25) is 4.96 Å². The van der Waals surface area contributed by atoms with Gasteiger partial charge in [-0.1, -0.05) is 23.5 Å². The number of nitrogens with zero attached hydrogens (tertiary/aromatic N) is 4. The molecule has 0 saturated carbocycles. The quantitative estimate of drug-likeness (QED) is 0.575. The standard InChI is InChI=1S/C19H15N5O3S/c1-11-21-22-19-24(11)23-18(28-19)13-3-2-4-14(9-13)20-17(25)12-5-6-15-16(10-12)27-8-7-26-15/h2-6,9-10H,7-8H2,1H3,(H,20,25). The number of aryl methyl sites for hydroxylation is 1. The van der Waals surface area contributed by atoms with Crippen LogP contribution in [0.2, 0.25) is 0 Å². The molecule has 8 nitrogen and oxygen atoms in total. The number of carbonyl (C=O) groups is 1. The number of nitrogens with one attached hydrogen (secondary N) is 1. The van der Waals surface area contributed by atoms with Crippen LogP contribution in [0.5, 0.6) is 11.5 Å². The number of benzene rings is 2. The van der Waals surface area contributed by atoms with Crippen molar-refractivity contribution in [1.29, 1.82) is 0 Å². The van der Waals surface area contributed by atoms with Crippen LogP contribution >= 0.6 is 11.3 Å². The Kier molecular flexibility index (Phi) is 3.94. The third-order valence-corrected chi connectivity index (χ3v) is 5.27. The van der Waals surface area contributed by atoms with E-state index in [9.17, 15) is 4.79 Å². The number of fused-ring (bicyclic) bond motifs is 2. The summed E-state index contributed by atoms with van der Waals surface area (Å²) in [6.07, 6.45) is 0. The maximum Gasteiger partial charge on any atom is 0.255 e. The zero-order chi connectivity index (χ0) is 19.1. The fourth-order valence-corrected chi connectivity index (χ4v) is 3.83. The third-order valence-electron chi connectivity index (χ3n) is 4.32. The summed E-state index contributed by atoms with van der Waals surface area (Å²) in [6, 6.07) is 12.7. The second-order valence-corrected chi connectivity index (χ2v) is 7.20. The molecule has 0 saturated heterocycles. The number of ether oxygens (including phenoxy) is 2. The largest absolute Gasteiger partial charge is 0.486 e. The SMILES string of the molecule is Cc1nnc2sc(-c3cccc(NC(=O)c4ccc5c(c4)OCCO5)c3)nn12. The van der Waals surface area contributed by atoms with Crippen LogP contribution < -0.4 is 14.8 Å².